The summed E-state index contributed by atoms with van der Waals surface area (Å²) in [6.45, 7) is 6.17. The van der Waals surface area contributed by atoms with E-state index < -0.39 is 11.9 Å². The number of rotatable bonds is 8. The first kappa shape index (κ1) is 23.2. The molecule has 0 atom stereocenters. The van der Waals surface area contributed by atoms with E-state index in [1.807, 2.05) is 42.5 Å². The van der Waals surface area contributed by atoms with Crippen LogP contribution in [0.5, 0.6) is 11.5 Å². The third kappa shape index (κ3) is 9.40. The Morgan fingerprint density at radius 2 is 1.43 bits per heavy atom. The zero-order chi connectivity index (χ0) is 21.6. The van der Waals surface area contributed by atoms with E-state index in [9.17, 15) is 0 Å². The minimum Gasteiger partial charge on any atom is -0.494 e. The fraction of sp³-hybridized carbons (Fsp3) is 0.364. The number of ether oxygens (including phenoxy) is 3. The van der Waals surface area contributed by atoms with E-state index in [1.165, 1.54) is 5.56 Å². The van der Waals surface area contributed by atoms with Crippen LogP contribution in [0, 0.1) is 0 Å². The molecule has 2 N–H and O–H groups in total. The average molecular weight is 417 g/mol. The molecule has 1 heterocycles. The van der Waals surface area contributed by atoms with E-state index in [-0.39, 0.29) is 0 Å². The van der Waals surface area contributed by atoms with Crippen LogP contribution in [0.15, 0.2) is 54.6 Å². The average Bonchev–Trinajstić information content (AvgIpc) is 2.78. The van der Waals surface area contributed by atoms with E-state index in [0.717, 1.165) is 57.4 Å². The molecule has 0 bridgehead atoms. The molecule has 30 heavy (non-hydrogen) atoms. The van der Waals surface area contributed by atoms with Gasteiger partial charge in [0.15, 0.2) is 0 Å². The molecule has 0 radical (unpaired) electrons. The number of carboxylic acids is 2. The molecule has 0 aromatic heterocycles. The molecule has 0 unspecified atom stereocenters. The summed E-state index contributed by atoms with van der Waals surface area (Å²) in [4.78, 5) is 20.6. The van der Waals surface area contributed by atoms with E-state index in [4.69, 9.17) is 34.0 Å². The highest BCUT2D eigenvalue weighted by molar-refractivity contribution is 6.27. The van der Waals surface area contributed by atoms with Gasteiger partial charge in [0.25, 0.3) is 0 Å². The Morgan fingerprint density at radius 1 is 0.867 bits per heavy atom. The summed E-state index contributed by atoms with van der Waals surface area (Å²) in [5.74, 6) is -1.89. The molecular formula is C22H27NO7. The zero-order valence-electron chi connectivity index (χ0n) is 16.7. The molecule has 2 aromatic rings. The van der Waals surface area contributed by atoms with Crippen LogP contribution < -0.4 is 9.47 Å². The molecule has 1 saturated heterocycles. The number of aliphatic carboxylic acids is 2. The van der Waals surface area contributed by atoms with Crippen molar-refractivity contribution in [2.24, 2.45) is 0 Å². The maximum Gasteiger partial charge on any atom is 0.414 e. The van der Waals surface area contributed by atoms with Crippen LogP contribution in [-0.2, 0) is 20.9 Å². The highest BCUT2D eigenvalue weighted by Crippen LogP contribution is 2.19. The summed E-state index contributed by atoms with van der Waals surface area (Å²) in [7, 11) is 0. The van der Waals surface area contributed by atoms with E-state index in [1.54, 1.807) is 0 Å². The number of morpholine rings is 1. The molecule has 1 fully saturated rings. The molecule has 0 amide bonds. The van der Waals surface area contributed by atoms with Gasteiger partial charge in [0.05, 0.1) is 19.8 Å². The van der Waals surface area contributed by atoms with Crippen molar-refractivity contribution in [3.8, 4) is 11.5 Å². The first-order valence-electron chi connectivity index (χ1n) is 9.70. The second-order valence-electron chi connectivity index (χ2n) is 6.51. The first-order valence-corrected chi connectivity index (χ1v) is 9.70. The summed E-state index contributed by atoms with van der Waals surface area (Å²) in [6, 6.07) is 18.0. The van der Waals surface area contributed by atoms with Gasteiger partial charge in [0, 0.05) is 19.6 Å². The third-order valence-electron chi connectivity index (χ3n) is 4.25. The van der Waals surface area contributed by atoms with Crippen molar-refractivity contribution in [2.45, 2.75) is 13.0 Å². The van der Waals surface area contributed by atoms with Crippen molar-refractivity contribution in [1.82, 2.24) is 4.90 Å². The second kappa shape index (κ2) is 13.2. The normalized spacial score (nSPS) is 13.6. The van der Waals surface area contributed by atoms with E-state index in [2.05, 4.69) is 17.0 Å². The van der Waals surface area contributed by atoms with Gasteiger partial charge in [-0.25, -0.2) is 9.59 Å². The molecule has 0 saturated carbocycles. The van der Waals surface area contributed by atoms with Crippen LogP contribution in [0.25, 0.3) is 0 Å². The van der Waals surface area contributed by atoms with Gasteiger partial charge in [-0.2, -0.15) is 0 Å². The van der Waals surface area contributed by atoms with Crippen LogP contribution in [0.2, 0.25) is 0 Å². The van der Waals surface area contributed by atoms with Crippen molar-refractivity contribution < 1.29 is 34.0 Å². The van der Waals surface area contributed by atoms with Crippen molar-refractivity contribution in [3.63, 3.8) is 0 Å². The number of carboxylic acid groups (broad SMARTS) is 2. The Morgan fingerprint density at radius 3 is 2.00 bits per heavy atom. The van der Waals surface area contributed by atoms with Crippen LogP contribution in [0.1, 0.15) is 12.0 Å². The van der Waals surface area contributed by atoms with Gasteiger partial charge in [-0.05, 0) is 36.2 Å². The molecule has 8 heteroatoms. The number of benzene rings is 2. The number of hydrogen-bond acceptors (Lipinski definition) is 6. The Hall–Kier alpha value is -3.10. The van der Waals surface area contributed by atoms with E-state index in [0.29, 0.717) is 6.61 Å². The minimum atomic E-state index is -1.82. The van der Waals surface area contributed by atoms with E-state index >= 15 is 0 Å². The van der Waals surface area contributed by atoms with Crippen molar-refractivity contribution in [1.29, 1.82) is 0 Å². The standard InChI is InChI=1S/C20H25NO3.C2H2O4/c1-2-5-18(6-3-1)17-24-20-9-7-19(8-10-20)23-14-4-11-21-12-15-22-16-13-21;3-1(4)2(5)6/h1-3,5-10H,4,11-17H2;(H,3,4)(H,5,6). The molecule has 0 spiro atoms. The summed E-state index contributed by atoms with van der Waals surface area (Å²) >= 11 is 0. The zero-order valence-corrected chi connectivity index (χ0v) is 16.7. The number of hydrogen-bond donors (Lipinski definition) is 2. The van der Waals surface area contributed by atoms with Crippen molar-refractivity contribution >= 4 is 11.9 Å². The lowest BCUT2D eigenvalue weighted by atomic mass is 10.2. The third-order valence-corrected chi connectivity index (χ3v) is 4.25. The lowest BCUT2D eigenvalue weighted by Gasteiger charge is -2.26. The lowest BCUT2D eigenvalue weighted by Crippen LogP contribution is -2.37. The molecule has 162 valence electrons. The van der Waals surface area contributed by atoms with Gasteiger partial charge >= 0.3 is 11.9 Å². The minimum absolute atomic E-state index is 0.584. The van der Waals surface area contributed by atoms with Gasteiger partial charge < -0.3 is 24.4 Å². The van der Waals surface area contributed by atoms with Crippen LogP contribution in [0.3, 0.4) is 0 Å². The summed E-state index contributed by atoms with van der Waals surface area (Å²) in [6.07, 6.45) is 1.03. The predicted octanol–water partition coefficient (Wildman–Crippen LogP) is 2.52. The summed E-state index contributed by atoms with van der Waals surface area (Å²) in [5, 5.41) is 14.8. The Kier molecular flexibility index (Phi) is 10.2. The maximum absolute atomic E-state index is 9.10. The van der Waals surface area contributed by atoms with Crippen molar-refractivity contribution in [3.05, 3.63) is 60.2 Å². The van der Waals surface area contributed by atoms with Gasteiger partial charge in [0.1, 0.15) is 18.1 Å². The largest absolute Gasteiger partial charge is 0.494 e. The van der Waals surface area contributed by atoms with Crippen LogP contribution in [-0.4, -0.2) is 66.5 Å². The Labute approximate surface area is 175 Å². The Balaban J connectivity index is 0.000000469. The second-order valence-corrected chi connectivity index (χ2v) is 6.51. The van der Waals surface area contributed by atoms with Gasteiger partial charge in [-0.3, -0.25) is 4.90 Å². The van der Waals surface area contributed by atoms with Gasteiger partial charge in [-0.1, -0.05) is 30.3 Å². The first-order chi connectivity index (χ1) is 14.5. The smallest absolute Gasteiger partial charge is 0.414 e. The Bertz CT molecular complexity index is 747. The molecule has 8 nitrogen and oxygen atoms in total. The molecule has 2 aromatic carbocycles. The van der Waals surface area contributed by atoms with Gasteiger partial charge in [0.2, 0.25) is 0 Å². The molecule has 1 aliphatic rings. The highest BCUT2D eigenvalue weighted by Gasteiger charge is 2.09. The maximum atomic E-state index is 9.10. The molecule has 1 aliphatic heterocycles. The monoisotopic (exact) mass is 417 g/mol. The van der Waals surface area contributed by atoms with Crippen LogP contribution >= 0.6 is 0 Å². The predicted molar refractivity (Wildman–Crippen MR) is 110 cm³/mol. The SMILES string of the molecule is O=C(O)C(=O)O.c1ccc(COc2ccc(OCCCN3CCOCC3)cc2)cc1. The highest BCUT2D eigenvalue weighted by atomic mass is 16.5. The fourth-order valence-corrected chi connectivity index (χ4v) is 2.68. The fourth-order valence-electron chi connectivity index (χ4n) is 2.68. The van der Waals surface area contributed by atoms with Crippen LogP contribution in [0.4, 0.5) is 0 Å². The number of carbonyl (C=O) groups is 2. The topological polar surface area (TPSA) is 106 Å². The number of nitrogens with zero attached hydrogens (tertiary/aromatic N) is 1. The van der Waals surface area contributed by atoms with Gasteiger partial charge in [-0.15, -0.1) is 0 Å². The quantitative estimate of drug-likeness (QED) is 0.499. The molecule has 3 rings (SSSR count). The lowest BCUT2D eigenvalue weighted by molar-refractivity contribution is -0.159. The summed E-state index contributed by atoms with van der Waals surface area (Å²) in [5.41, 5.74) is 1.17. The molecular weight excluding hydrogens is 390 g/mol. The van der Waals surface area contributed by atoms with Crippen molar-refractivity contribution in [2.75, 3.05) is 39.5 Å². The summed E-state index contributed by atoms with van der Waals surface area (Å²) < 4.78 is 16.9. The molecule has 0 aliphatic carbocycles.